The second kappa shape index (κ2) is 5.84. The number of sulfonamides is 1. The van der Waals surface area contributed by atoms with Crippen LogP contribution in [0.2, 0.25) is 0 Å². The molecule has 0 radical (unpaired) electrons. The van der Waals surface area contributed by atoms with Crippen LogP contribution in [0.15, 0.2) is 12.4 Å². The highest BCUT2D eigenvalue weighted by molar-refractivity contribution is 7.88. The van der Waals surface area contributed by atoms with Crippen molar-refractivity contribution in [3.63, 3.8) is 0 Å². The van der Waals surface area contributed by atoms with E-state index in [2.05, 4.69) is 9.97 Å². The molecule has 20 heavy (non-hydrogen) atoms. The first-order valence-electron chi connectivity index (χ1n) is 6.37. The molecule has 1 aliphatic heterocycles. The zero-order chi connectivity index (χ0) is 14.8. The van der Waals surface area contributed by atoms with Crippen molar-refractivity contribution in [3.05, 3.63) is 23.8 Å². The van der Waals surface area contributed by atoms with Gasteiger partial charge in [-0.2, -0.15) is 4.31 Å². The fourth-order valence-electron chi connectivity index (χ4n) is 2.33. The third-order valence-electron chi connectivity index (χ3n) is 3.29. The summed E-state index contributed by atoms with van der Waals surface area (Å²) in [6.45, 7) is 0.506. The lowest BCUT2D eigenvalue weighted by Crippen LogP contribution is -2.30. The minimum Gasteiger partial charge on any atom is -0.481 e. The second-order valence-electron chi connectivity index (χ2n) is 4.86. The molecule has 7 nitrogen and oxygen atoms in total. The Bertz CT molecular complexity index is 585. The van der Waals surface area contributed by atoms with Crippen LogP contribution >= 0.6 is 0 Å². The van der Waals surface area contributed by atoms with Gasteiger partial charge in [0.05, 0.1) is 36.3 Å². The lowest BCUT2D eigenvalue weighted by Gasteiger charge is -2.21. The van der Waals surface area contributed by atoms with E-state index in [1.54, 1.807) is 6.20 Å². The van der Waals surface area contributed by atoms with Crippen molar-refractivity contribution in [2.75, 3.05) is 12.8 Å². The maximum atomic E-state index is 11.7. The molecule has 0 aliphatic carbocycles. The Labute approximate surface area is 117 Å². The van der Waals surface area contributed by atoms with Crippen LogP contribution in [-0.4, -0.2) is 46.6 Å². The Kier molecular flexibility index (Phi) is 4.34. The quantitative estimate of drug-likeness (QED) is 0.854. The highest BCUT2D eigenvalue weighted by Gasteiger charge is 2.33. The SMILES string of the molecule is CS(=O)(=O)N1CCC[C@H]1c1cnc(CCC(=O)O)cn1. The van der Waals surface area contributed by atoms with Crippen LogP contribution in [0.25, 0.3) is 0 Å². The summed E-state index contributed by atoms with van der Waals surface area (Å²) in [5.41, 5.74) is 1.21. The highest BCUT2D eigenvalue weighted by atomic mass is 32.2. The minimum absolute atomic E-state index is 0.00686. The molecule has 0 bridgehead atoms. The van der Waals surface area contributed by atoms with Crippen molar-refractivity contribution >= 4 is 16.0 Å². The Morgan fingerprint density at radius 3 is 2.75 bits per heavy atom. The van der Waals surface area contributed by atoms with Crippen LogP contribution in [0.5, 0.6) is 0 Å². The molecule has 1 saturated heterocycles. The summed E-state index contributed by atoms with van der Waals surface area (Å²) in [6, 6.07) is -0.258. The van der Waals surface area contributed by atoms with Crippen LogP contribution in [0.4, 0.5) is 0 Å². The van der Waals surface area contributed by atoms with Crippen LogP contribution in [0, 0.1) is 0 Å². The summed E-state index contributed by atoms with van der Waals surface area (Å²) in [5, 5.41) is 8.60. The van der Waals surface area contributed by atoms with Gasteiger partial charge in [0.2, 0.25) is 10.0 Å². The first kappa shape index (κ1) is 14.9. The van der Waals surface area contributed by atoms with Gasteiger partial charge in [-0.1, -0.05) is 0 Å². The van der Waals surface area contributed by atoms with Crippen molar-refractivity contribution < 1.29 is 18.3 Å². The highest BCUT2D eigenvalue weighted by Crippen LogP contribution is 2.32. The van der Waals surface area contributed by atoms with Gasteiger partial charge in [0, 0.05) is 19.2 Å². The van der Waals surface area contributed by atoms with Gasteiger partial charge in [-0.05, 0) is 12.8 Å². The molecule has 0 aromatic carbocycles. The van der Waals surface area contributed by atoms with Gasteiger partial charge in [0.25, 0.3) is 0 Å². The lowest BCUT2D eigenvalue weighted by molar-refractivity contribution is -0.136. The van der Waals surface area contributed by atoms with Crippen LogP contribution < -0.4 is 0 Å². The molecule has 110 valence electrons. The fourth-order valence-corrected chi connectivity index (χ4v) is 3.47. The smallest absolute Gasteiger partial charge is 0.303 e. The Balaban J connectivity index is 2.11. The van der Waals surface area contributed by atoms with E-state index in [9.17, 15) is 13.2 Å². The molecule has 1 atom stereocenters. The van der Waals surface area contributed by atoms with Crippen molar-refractivity contribution in [1.82, 2.24) is 14.3 Å². The van der Waals surface area contributed by atoms with Crippen molar-refractivity contribution in [2.24, 2.45) is 0 Å². The average molecular weight is 299 g/mol. The van der Waals surface area contributed by atoms with E-state index >= 15 is 0 Å². The Hall–Kier alpha value is -1.54. The molecule has 1 aromatic heterocycles. The first-order chi connectivity index (χ1) is 9.38. The fraction of sp³-hybridized carbons (Fsp3) is 0.583. The Morgan fingerprint density at radius 2 is 2.20 bits per heavy atom. The second-order valence-corrected chi connectivity index (χ2v) is 6.79. The van der Waals surface area contributed by atoms with Gasteiger partial charge in [-0.25, -0.2) is 8.42 Å². The Morgan fingerprint density at radius 1 is 1.45 bits per heavy atom. The molecule has 1 aliphatic rings. The summed E-state index contributed by atoms with van der Waals surface area (Å²) in [5.74, 6) is -0.880. The zero-order valence-corrected chi connectivity index (χ0v) is 12.0. The maximum Gasteiger partial charge on any atom is 0.303 e. The standard InChI is InChI=1S/C12H17N3O4S/c1-20(18,19)15-6-2-3-11(15)10-8-13-9(7-14-10)4-5-12(16)17/h7-8,11H,2-6H2,1H3,(H,16,17)/t11-/m0/s1. The van der Waals surface area contributed by atoms with E-state index in [0.717, 1.165) is 12.8 Å². The number of hydrogen-bond acceptors (Lipinski definition) is 5. The average Bonchev–Trinajstić information content (AvgIpc) is 2.86. The van der Waals surface area contributed by atoms with Crippen molar-refractivity contribution in [1.29, 1.82) is 0 Å². The van der Waals surface area contributed by atoms with Crippen LogP contribution in [-0.2, 0) is 21.2 Å². The van der Waals surface area contributed by atoms with E-state index in [-0.39, 0.29) is 12.5 Å². The number of nitrogens with zero attached hydrogens (tertiary/aromatic N) is 3. The summed E-state index contributed by atoms with van der Waals surface area (Å²) in [7, 11) is -3.24. The van der Waals surface area contributed by atoms with Gasteiger partial charge in [-0.3, -0.25) is 14.8 Å². The van der Waals surface area contributed by atoms with Gasteiger partial charge in [0.1, 0.15) is 0 Å². The summed E-state index contributed by atoms with van der Waals surface area (Å²) in [4.78, 5) is 18.9. The number of carbonyl (C=O) groups is 1. The van der Waals surface area contributed by atoms with E-state index < -0.39 is 16.0 Å². The minimum atomic E-state index is -3.24. The van der Waals surface area contributed by atoms with Gasteiger partial charge in [0.15, 0.2) is 0 Å². The number of aliphatic carboxylic acids is 1. The predicted octanol–water partition coefficient (Wildman–Crippen LogP) is 0.590. The molecule has 1 aromatic rings. The number of aromatic nitrogens is 2. The monoisotopic (exact) mass is 299 g/mol. The van der Waals surface area contributed by atoms with Crippen molar-refractivity contribution in [2.45, 2.75) is 31.7 Å². The molecular formula is C12H17N3O4S. The molecule has 1 fully saturated rings. The van der Waals surface area contributed by atoms with Gasteiger partial charge >= 0.3 is 5.97 Å². The molecule has 8 heteroatoms. The molecule has 0 amide bonds. The first-order valence-corrected chi connectivity index (χ1v) is 8.22. The zero-order valence-electron chi connectivity index (χ0n) is 11.2. The van der Waals surface area contributed by atoms with Crippen molar-refractivity contribution in [3.8, 4) is 0 Å². The normalized spacial score (nSPS) is 20.1. The summed E-state index contributed by atoms with van der Waals surface area (Å²) < 4.78 is 24.8. The van der Waals surface area contributed by atoms with Crippen LogP contribution in [0.3, 0.4) is 0 Å². The third-order valence-corrected chi connectivity index (χ3v) is 4.58. The third kappa shape index (κ3) is 3.51. The molecule has 2 heterocycles. The lowest BCUT2D eigenvalue weighted by atomic mass is 10.1. The van der Waals surface area contributed by atoms with E-state index in [1.807, 2.05) is 0 Å². The summed E-state index contributed by atoms with van der Waals surface area (Å²) in [6.07, 6.45) is 6.13. The van der Waals surface area contributed by atoms with Gasteiger partial charge in [-0.15, -0.1) is 0 Å². The number of carboxylic acid groups (broad SMARTS) is 1. The molecule has 0 saturated carbocycles. The van der Waals surface area contributed by atoms with E-state index in [0.29, 0.717) is 24.4 Å². The number of hydrogen-bond donors (Lipinski definition) is 1. The molecular weight excluding hydrogens is 282 g/mol. The maximum absolute atomic E-state index is 11.7. The topological polar surface area (TPSA) is 100 Å². The summed E-state index contributed by atoms with van der Waals surface area (Å²) >= 11 is 0. The molecule has 0 spiro atoms. The molecule has 1 N–H and O–H groups in total. The molecule has 2 rings (SSSR count). The van der Waals surface area contributed by atoms with E-state index in [4.69, 9.17) is 5.11 Å². The largest absolute Gasteiger partial charge is 0.481 e. The predicted molar refractivity (Wildman–Crippen MR) is 71.5 cm³/mol. The van der Waals surface area contributed by atoms with E-state index in [1.165, 1.54) is 16.8 Å². The number of aryl methyl sites for hydroxylation is 1. The van der Waals surface area contributed by atoms with Crippen LogP contribution in [0.1, 0.15) is 36.7 Å². The van der Waals surface area contributed by atoms with Gasteiger partial charge < -0.3 is 5.11 Å². The molecule has 0 unspecified atom stereocenters. The number of rotatable bonds is 5. The number of carboxylic acids is 1.